The Balaban J connectivity index is 2.73. The van der Waals surface area contributed by atoms with Crippen molar-refractivity contribution in [2.75, 3.05) is 0 Å². The molecule has 0 bridgehead atoms. The molecule has 0 fully saturated rings. The first-order chi connectivity index (χ1) is 2.91. The molecule has 0 N–H and O–H groups in total. The monoisotopic (exact) mass is 81.1 g/mol. The molecule has 0 aromatic carbocycles. The molecule has 0 heterocycles. The van der Waals surface area contributed by atoms with E-state index in [1.165, 1.54) is 0 Å². The lowest BCUT2D eigenvalue weighted by atomic mass is 10.4. The molecule has 6 heavy (non-hydrogen) atoms. The smallest absolute Gasteiger partial charge is 0.0311 e. The van der Waals surface area contributed by atoms with Crippen LogP contribution in [0, 0.1) is 13.8 Å². The van der Waals surface area contributed by atoms with E-state index >= 15 is 0 Å². The molecule has 0 amide bonds. The molecule has 3 radical (unpaired) electrons. The Kier molecular flexibility index (Phi) is 4.53. The van der Waals surface area contributed by atoms with Gasteiger partial charge in [0, 0.05) is 0 Å². The van der Waals surface area contributed by atoms with E-state index < -0.39 is 0 Å². The van der Waals surface area contributed by atoms with E-state index in [4.69, 9.17) is 6.92 Å². The molecule has 0 aromatic rings. The Hall–Kier alpha value is -0.260. The van der Waals surface area contributed by atoms with Gasteiger partial charge in [-0.2, -0.15) is 0 Å². The largest absolute Gasteiger partial charge is 0.0885 e. The van der Waals surface area contributed by atoms with Crippen molar-refractivity contribution in [1.29, 1.82) is 0 Å². The molecule has 0 nitrogen and oxygen atoms in total. The van der Waals surface area contributed by atoms with Crippen LogP contribution in [0.25, 0.3) is 0 Å². The van der Waals surface area contributed by atoms with Crippen LogP contribution in [0.15, 0.2) is 12.2 Å². The third-order valence-electron chi connectivity index (χ3n) is 0.469. The molecule has 0 aliphatic heterocycles. The van der Waals surface area contributed by atoms with Crippen molar-refractivity contribution in [3.63, 3.8) is 0 Å². The minimum atomic E-state index is 0.634. The molecule has 0 aliphatic rings. The quantitative estimate of drug-likeness (QED) is 0.445. The minimum Gasteiger partial charge on any atom is -0.0885 e. The van der Waals surface area contributed by atoms with Gasteiger partial charge in [-0.05, 0) is 26.7 Å². The molecule has 0 saturated carbocycles. The van der Waals surface area contributed by atoms with Gasteiger partial charge in [0.2, 0.25) is 0 Å². The third kappa shape index (κ3) is 3.74. The van der Waals surface area contributed by atoms with Crippen LogP contribution in [-0.2, 0) is 0 Å². The summed E-state index contributed by atoms with van der Waals surface area (Å²) < 4.78 is 0. The third-order valence-corrected chi connectivity index (χ3v) is 0.469. The average Bonchev–Trinajstić information content (AvgIpc) is 1.61. The van der Waals surface area contributed by atoms with E-state index in [-0.39, 0.29) is 0 Å². The summed E-state index contributed by atoms with van der Waals surface area (Å²) in [5, 5.41) is 0. The topological polar surface area (TPSA) is 0 Å². The molecule has 33 valence electrons. The molecular weight excluding hydrogens is 72.1 g/mol. The van der Waals surface area contributed by atoms with Crippen molar-refractivity contribution < 1.29 is 0 Å². The highest BCUT2D eigenvalue weighted by Crippen LogP contribution is 1.80. The first-order valence-electron chi connectivity index (χ1n) is 2.06. The Morgan fingerprint density at radius 1 is 1.50 bits per heavy atom. The minimum absolute atomic E-state index is 0.634. The van der Waals surface area contributed by atoms with Gasteiger partial charge in [-0.25, -0.2) is 0 Å². The lowest BCUT2D eigenvalue weighted by Crippen LogP contribution is -1.52. The summed E-state index contributed by atoms with van der Waals surface area (Å²) in [6, 6.07) is 0. The second kappa shape index (κ2) is 4.74. The summed E-state index contributed by atoms with van der Waals surface area (Å²) in [5.74, 6) is 0. The van der Waals surface area contributed by atoms with Crippen molar-refractivity contribution in [3.05, 3.63) is 26.0 Å². The summed E-state index contributed by atoms with van der Waals surface area (Å²) >= 11 is 0. The molecule has 0 spiro atoms. The fourth-order valence-corrected chi connectivity index (χ4v) is 0.214. The lowest BCUT2D eigenvalue weighted by molar-refractivity contribution is 1.31. The van der Waals surface area contributed by atoms with Gasteiger partial charge in [0.15, 0.2) is 0 Å². The number of rotatable bonds is 2. The SMILES string of the molecule is [CH]CC=CC[CH2]. The summed E-state index contributed by atoms with van der Waals surface area (Å²) in [6.07, 6.45) is 5.32. The van der Waals surface area contributed by atoms with E-state index in [1.807, 2.05) is 12.2 Å². The Labute approximate surface area is 39.9 Å². The number of hydrogen-bond acceptors (Lipinski definition) is 0. The first kappa shape index (κ1) is 5.74. The molecule has 0 atom stereocenters. The summed E-state index contributed by atoms with van der Waals surface area (Å²) in [6.45, 7) is 8.68. The van der Waals surface area contributed by atoms with Crippen molar-refractivity contribution in [2.24, 2.45) is 0 Å². The van der Waals surface area contributed by atoms with Crippen molar-refractivity contribution in [1.82, 2.24) is 0 Å². The second-order valence-corrected chi connectivity index (χ2v) is 0.996. The van der Waals surface area contributed by atoms with E-state index in [0.29, 0.717) is 6.42 Å². The van der Waals surface area contributed by atoms with Gasteiger partial charge in [-0.1, -0.05) is 12.2 Å². The zero-order valence-corrected chi connectivity index (χ0v) is 3.85. The van der Waals surface area contributed by atoms with Gasteiger partial charge in [0.25, 0.3) is 0 Å². The Morgan fingerprint density at radius 3 is 2.33 bits per heavy atom. The fourth-order valence-electron chi connectivity index (χ4n) is 0.214. The van der Waals surface area contributed by atoms with Gasteiger partial charge in [0.05, 0.1) is 0 Å². The van der Waals surface area contributed by atoms with Crippen molar-refractivity contribution in [2.45, 2.75) is 12.8 Å². The molecule has 0 rings (SSSR count). The van der Waals surface area contributed by atoms with Crippen LogP contribution in [0.3, 0.4) is 0 Å². The van der Waals surface area contributed by atoms with Gasteiger partial charge in [-0.3, -0.25) is 0 Å². The number of hydrogen-bond donors (Lipinski definition) is 0. The Morgan fingerprint density at radius 2 is 2.17 bits per heavy atom. The standard InChI is InChI=1S/C6H9/c1-3-5-6-4-2/h1,5-6H,2-4H2. The molecule has 0 heteroatoms. The van der Waals surface area contributed by atoms with Crippen LogP contribution in [-0.4, -0.2) is 0 Å². The van der Waals surface area contributed by atoms with Crippen LogP contribution in [0.4, 0.5) is 0 Å². The summed E-state index contributed by atoms with van der Waals surface area (Å²) in [7, 11) is 0. The molecule has 0 aliphatic carbocycles. The second-order valence-electron chi connectivity index (χ2n) is 0.996. The van der Waals surface area contributed by atoms with Crippen LogP contribution in [0.2, 0.25) is 0 Å². The fraction of sp³-hybridized carbons (Fsp3) is 0.333. The van der Waals surface area contributed by atoms with Gasteiger partial charge in [0.1, 0.15) is 0 Å². The van der Waals surface area contributed by atoms with E-state index in [1.54, 1.807) is 0 Å². The molecular formula is C6H9. The van der Waals surface area contributed by atoms with Crippen LogP contribution < -0.4 is 0 Å². The maximum atomic E-state index is 5.10. The maximum Gasteiger partial charge on any atom is -0.0311 e. The maximum absolute atomic E-state index is 5.10. The Bertz CT molecular complexity index is 29.3. The highest BCUT2D eigenvalue weighted by Gasteiger charge is 1.60. The summed E-state index contributed by atoms with van der Waals surface area (Å²) in [5.41, 5.74) is 0. The van der Waals surface area contributed by atoms with Crippen LogP contribution in [0.1, 0.15) is 12.8 Å². The van der Waals surface area contributed by atoms with Gasteiger partial charge in [-0.15, -0.1) is 0 Å². The normalized spacial score (nSPS) is 10.3. The van der Waals surface area contributed by atoms with Crippen LogP contribution in [0.5, 0.6) is 0 Å². The zero-order valence-electron chi connectivity index (χ0n) is 3.85. The van der Waals surface area contributed by atoms with Gasteiger partial charge < -0.3 is 0 Å². The van der Waals surface area contributed by atoms with E-state index in [0.717, 1.165) is 6.42 Å². The summed E-state index contributed by atoms with van der Waals surface area (Å²) in [4.78, 5) is 0. The van der Waals surface area contributed by atoms with Crippen molar-refractivity contribution >= 4 is 0 Å². The predicted molar refractivity (Wildman–Crippen MR) is 28.0 cm³/mol. The lowest BCUT2D eigenvalue weighted by Gasteiger charge is -1.72. The van der Waals surface area contributed by atoms with E-state index in [2.05, 4.69) is 6.92 Å². The highest BCUT2D eigenvalue weighted by atomic mass is 13.7. The van der Waals surface area contributed by atoms with Crippen LogP contribution >= 0.6 is 0 Å². The average molecular weight is 81.1 g/mol. The van der Waals surface area contributed by atoms with Crippen molar-refractivity contribution in [3.8, 4) is 0 Å². The predicted octanol–water partition coefficient (Wildman–Crippen LogP) is 1.87. The first-order valence-corrected chi connectivity index (χ1v) is 2.06. The van der Waals surface area contributed by atoms with E-state index in [9.17, 15) is 0 Å². The van der Waals surface area contributed by atoms with Gasteiger partial charge >= 0.3 is 0 Å². The molecule has 0 saturated heterocycles. The number of allylic oxidation sites excluding steroid dienone is 2. The zero-order chi connectivity index (χ0) is 4.83. The molecule has 0 aromatic heterocycles. The molecule has 0 unspecified atom stereocenters. The highest BCUT2D eigenvalue weighted by molar-refractivity contribution is 4.82.